The highest BCUT2D eigenvalue weighted by molar-refractivity contribution is 5.92. The number of hydrogen-bond acceptors (Lipinski definition) is 3. The number of amides is 1. The van der Waals surface area contributed by atoms with E-state index in [4.69, 9.17) is 9.90 Å². The minimum absolute atomic E-state index is 0.264. The third-order valence-corrected chi connectivity index (χ3v) is 1.40. The van der Waals surface area contributed by atoms with Crippen molar-refractivity contribution < 1.29 is 41.0 Å². The molecule has 0 saturated heterocycles. The molecule has 1 aromatic rings. The van der Waals surface area contributed by atoms with Crippen molar-refractivity contribution in [1.29, 1.82) is 0 Å². The number of halogens is 6. The molecule has 0 saturated carbocycles. The Morgan fingerprint density at radius 3 is 1.90 bits per heavy atom. The van der Waals surface area contributed by atoms with Gasteiger partial charge in [-0.2, -0.15) is 26.3 Å². The number of carboxylic acids is 1. The smallest absolute Gasteiger partial charge is 0.475 e. The van der Waals surface area contributed by atoms with Gasteiger partial charge in [-0.25, -0.2) is 4.79 Å². The normalized spacial score (nSPS) is 11.1. The summed E-state index contributed by atoms with van der Waals surface area (Å²) in [6.45, 7) is 0. The van der Waals surface area contributed by atoms with Gasteiger partial charge >= 0.3 is 18.4 Å². The van der Waals surface area contributed by atoms with Crippen LogP contribution in [0.2, 0.25) is 0 Å². The van der Waals surface area contributed by atoms with E-state index in [1.807, 2.05) is 0 Å². The Balaban J connectivity index is 0.000000441. The molecule has 1 heterocycles. The van der Waals surface area contributed by atoms with Crippen LogP contribution in [0.15, 0.2) is 24.4 Å². The molecule has 20 heavy (non-hydrogen) atoms. The molecule has 112 valence electrons. The van der Waals surface area contributed by atoms with E-state index in [0.717, 1.165) is 5.32 Å². The second kappa shape index (κ2) is 6.73. The Bertz CT molecular complexity index is 457. The summed E-state index contributed by atoms with van der Waals surface area (Å²) in [6, 6.07) is 4.13. The third-order valence-electron chi connectivity index (χ3n) is 1.40. The Kier molecular flexibility index (Phi) is 5.94. The van der Waals surface area contributed by atoms with Crippen molar-refractivity contribution in [2.24, 2.45) is 0 Å². The molecule has 0 radical (unpaired) electrons. The van der Waals surface area contributed by atoms with Gasteiger partial charge < -0.3 is 5.11 Å². The molecule has 5 nitrogen and oxygen atoms in total. The van der Waals surface area contributed by atoms with Crippen molar-refractivity contribution >= 4 is 11.9 Å². The number of alkyl halides is 6. The van der Waals surface area contributed by atoms with Gasteiger partial charge in [0.15, 0.2) is 0 Å². The lowest BCUT2D eigenvalue weighted by atomic mass is 10.3. The van der Waals surface area contributed by atoms with Crippen molar-refractivity contribution in [3.05, 3.63) is 30.1 Å². The van der Waals surface area contributed by atoms with Crippen molar-refractivity contribution in [3.63, 3.8) is 0 Å². The first-order chi connectivity index (χ1) is 8.93. The van der Waals surface area contributed by atoms with Crippen LogP contribution < -0.4 is 5.32 Å². The highest BCUT2D eigenvalue weighted by atomic mass is 19.4. The molecule has 1 rings (SSSR count). The molecule has 0 atom stereocenters. The summed E-state index contributed by atoms with van der Waals surface area (Å²) < 4.78 is 66.6. The average Bonchev–Trinajstić information content (AvgIpc) is 2.27. The monoisotopic (exact) mass is 304 g/mol. The summed E-state index contributed by atoms with van der Waals surface area (Å²) in [7, 11) is 0. The SMILES string of the molecule is O=C(NC(F)(F)F)c1ccccn1.O=C(O)C(F)(F)F. The molecular weight excluding hydrogens is 298 g/mol. The number of aliphatic carboxylic acids is 1. The average molecular weight is 304 g/mol. The van der Waals surface area contributed by atoms with Crippen LogP contribution in [0.1, 0.15) is 10.5 Å². The van der Waals surface area contributed by atoms with Gasteiger partial charge in [0.05, 0.1) is 0 Å². The fourth-order valence-electron chi connectivity index (χ4n) is 0.690. The van der Waals surface area contributed by atoms with Crippen molar-refractivity contribution in [2.45, 2.75) is 12.5 Å². The Hall–Kier alpha value is -2.33. The van der Waals surface area contributed by atoms with E-state index in [-0.39, 0.29) is 5.69 Å². The second-order valence-corrected chi connectivity index (χ2v) is 2.97. The van der Waals surface area contributed by atoms with Crippen molar-refractivity contribution in [1.82, 2.24) is 10.3 Å². The van der Waals surface area contributed by atoms with Crippen LogP contribution in [-0.4, -0.2) is 34.4 Å². The van der Waals surface area contributed by atoms with E-state index in [1.54, 1.807) is 0 Å². The lowest BCUT2D eigenvalue weighted by Crippen LogP contribution is -2.37. The zero-order chi connectivity index (χ0) is 16.0. The largest absolute Gasteiger partial charge is 0.490 e. The van der Waals surface area contributed by atoms with Crippen molar-refractivity contribution in [3.8, 4) is 0 Å². The molecule has 0 bridgehead atoms. The fraction of sp³-hybridized carbons (Fsp3) is 0.222. The van der Waals surface area contributed by atoms with E-state index < -0.39 is 24.4 Å². The molecule has 0 aromatic carbocycles. The lowest BCUT2D eigenvalue weighted by Gasteiger charge is -2.06. The van der Waals surface area contributed by atoms with E-state index in [9.17, 15) is 31.1 Å². The van der Waals surface area contributed by atoms with Gasteiger partial charge in [0.2, 0.25) is 0 Å². The number of hydrogen-bond donors (Lipinski definition) is 2. The van der Waals surface area contributed by atoms with Crippen LogP contribution in [0.3, 0.4) is 0 Å². The number of carbonyl (C=O) groups is 2. The first kappa shape index (κ1) is 17.7. The van der Waals surface area contributed by atoms with E-state index in [1.165, 1.54) is 24.4 Å². The number of pyridine rings is 1. The number of aromatic nitrogens is 1. The zero-order valence-corrected chi connectivity index (χ0v) is 9.29. The predicted molar refractivity (Wildman–Crippen MR) is 51.4 cm³/mol. The van der Waals surface area contributed by atoms with Crippen LogP contribution in [0.25, 0.3) is 0 Å². The molecule has 0 spiro atoms. The van der Waals surface area contributed by atoms with Gasteiger partial charge in [0.25, 0.3) is 5.91 Å². The summed E-state index contributed by atoms with van der Waals surface area (Å²) in [5.74, 6) is -4.01. The molecule has 0 fully saturated rings. The number of carboxylic acid groups (broad SMARTS) is 1. The highest BCUT2D eigenvalue weighted by Crippen LogP contribution is 2.13. The van der Waals surface area contributed by atoms with Gasteiger partial charge in [-0.1, -0.05) is 6.07 Å². The maximum atomic E-state index is 11.6. The van der Waals surface area contributed by atoms with Gasteiger partial charge in [-0.15, -0.1) is 0 Å². The molecule has 1 aromatic heterocycles. The maximum Gasteiger partial charge on any atom is 0.490 e. The van der Waals surface area contributed by atoms with Crippen molar-refractivity contribution in [2.75, 3.05) is 0 Å². The van der Waals surface area contributed by atoms with Crippen LogP contribution in [0.4, 0.5) is 26.3 Å². The van der Waals surface area contributed by atoms with E-state index in [0.29, 0.717) is 0 Å². The summed E-state index contributed by atoms with van der Waals surface area (Å²) in [5.41, 5.74) is -0.264. The van der Waals surface area contributed by atoms with Gasteiger partial charge in [0, 0.05) is 6.20 Å². The molecule has 0 aliphatic rings. The third kappa shape index (κ3) is 7.89. The fourth-order valence-corrected chi connectivity index (χ4v) is 0.690. The number of carbonyl (C=O) groups excluding carboxylic acids is 1. The summed E-state index contributed by atoms with van der Waals surface area (Å²) in [4.78, 5) is 23.1. The van der Waals surface area contributed by atoms with Gasteiger partial charge in [-0.05, 0) is 12.1 Å². The molecule has 1 amide bonds. The first-order valence-corrected chi connectivity index (χ1v) is 4.54. The van der Waals surface area contributed by atoms with Crippen LogP contribution >= 0.6 is 0 Å². The molecule has 11 heteroatoms. The number of nitrogens with one attached hydrogen (secondary N) is 1. The van der Waals surface area contributed by atoms with Gasteiger partial charge in [-0.3, -0.25) is 15.1 Å². The van der Waals surface area contributed by atoms with Crippen LogP contribution in [0, 0.1) is 0 Å². The van der Waals surface area contributed by atoms with Crippen LogP contribution in [-0.2, 0) is 4.79 Å². The topological polar surface area (TPSA) is 79.3 Å². The zero-order valence-electron chi connectivity index (χ0n) is 9.29. The lowest BCUT2D eigenvalue weighted by molar-refractivity contribution is -0.192. The Morgan fingerprint density at radius 2 is 1.60 bits per heavy atom. The highest BCUT2D eigenvalue weighted by Gasteiger charge is 2.38. The molecule has 0 aliphatic carbocycles. The quantitative estimate of drug-likeness (QED) is 0.614. The van der Waals surface area contributed by atoms with Gasteiger partial charge in [0.1, 0.15) is 5.69 Å². The van der Waals surface area contributed by atoms with E-state index >= 15 is 0 Å². The summed E-state index contributed by atoms with van der Waals surface area (Å²) in [5, 5.41) is 7.96. The predicted octanol–water partition coefficient (Wildman–Crippen LogP) is 1.96. The molecule has 2 N–H and O–H groups in total. The first-order valence-electron chi connectivity index (χ1n) is 4.54. The summed E-state index contributed by atoms with van der Waals surface area (Å²) >= 11 is 0. The Labute approximate surface area is 107 Å². The molecular formula is C9H6F6N2O3. The summed E-state index contributed by atoms with van der Waals surface area (Å²) in [6.07, 6.45) is -8.56. The van der Waals surface area contributed by atoms with Crippen LogP contribution in [0.5, 0.6) is 0 Å². The number of nitrogens with zero attached hydrogens (tertiary/aromatic N) is 1. The standard InChI is InChI=1S/C7H5F3N2O.C2HF3O2/c8-7(9,10)12-6(13)5-3-1-2-4-11-5;3-2(4,5)1(6)7/h1-4H,(H,12,13);(H,6,7). The minimum Gasteiger partial charge on any atom is -0.475 e. The molecule has 0 unspecified atom stereocenters. The number of rotatable bonds is 1. The van der Waals surface area contributed by atoms with E-state index in [2.05, 4.69) is 4.98 Å². The minimum atomic E-state index is -5.08. The second-order valence-electron chi connectivity index (χ2n) is 2.97. The molecule has 0 aliphatic heterocycles. The maximum absolute atomic E-state index is 11.6. The Morgan fingerprint density at radius 1 is 1.10 bits per heavy atom.